The number of halogens is 4. The van der Waals surface area contributed by atoms with Gasteiger partial charge in [0.1, 0.15) is 6.54 Å². The molecule has 0 saturated heterocycles. The topological polar surface area (TPSA) is 92.3 Å². The van der Waals surface area contributed by atoms with Crippen LogP contribution in [0, 0.1) is 5.82 Å². The number of allylic oxidation sites excluding steroid dienone is 1. The Morgan fingerprint density at radius 1 is 1.40 bits per heavy atom. The van der Waals surface area contributed by atoms with Gasteiger partial charge in [-0.15, -0.1) is 13.2 Å². The maximum atomic E-state index is 14.1. The summed E-state index contributed by atoms with van der Waals surface area (Å²) in [5.74, 6) is -2.33. The molecule has 12 heteroatoms. The smallest absolute Gasteiger partial charge is 0.403 e. The molecule has 2 aliphatic rings. The Balaban J connectivity index is 1.80. The fourth-order valence-corrected chi connectivity index (χ4v) is 3.05. The highest BCUT2D eigenvalue weighted by molar-refractivity contribution is 5.89. The second-order valence-corrected chi connectivity index (χ2v) is 6.48. The minimum atomic E-state index is -5.04. The van der Waals surface area contributed by atoms with Crippen LogP contribution in [0.4, 0.5) is 22.4 Å². The van der Waals surface area contributed by atoms with E-state index in [0.717, 1.165) is 17.0 Å². The van der Waals surface area contributed by atoms with E-state index in [2.05, 4.69) is 20.4 Å². The number of urea groups is 1. The second-order valence-electron chi connectivity index (χ2n) is 6.48. The van der Waals surface area contributed by atoms with Gasteiger partial charge < -0.3 is 20.1 Å². The zero-order valence-corrected chi connectivity index (χ0v) is 15.8. The highest BCUT2D eigenvalue weighted by Crippen LogP contribution is 2.28. The molecule has 2 heterocycles. The van der Waals surface area contributed by atoms with Gasteiger partial charge in [0.05, 0.1) is 18.3 Å². The van der Waals surface area contributed by atoms with Crippen LogP contribution in [0.3, 0.4) is 0 Å². The van der Waals surface area contributed by atoms with Crippen molar-refractivity contribution in [3.05, 3.63) is 41.1 Å². The lowest BCUT2D eigenvalue weighted by Gasteiger charge is -2.32. The van der Waals surface area contributed by atoms with E-state index in [9.17, 15) is 27.2 Å². The summed E-state index contributed by atoms with van der Waals surface area (Å²) in [5, 5.41) is 5.27. The standard InChI is InChI=1S/C18H18F4N4O4/c1-29-9-13(10-4-5-14(11(19)7-10)30-18(20,21)22)25-17(28)26-8-15(27)24-12-3-2-6-23-16(12)26/h4-7,13H,2-3,8-9H2,1H3,(H,24,27)(H,25,28). The molecule has 30 heavy (non-hydrogen) atoms. The lowest BCUT2D eigenvalue weighted by molar-refractivity contribution is -0.275. The number of ether oxygens (including phenoxy) is 2. The quantitative estimate of drug-likeness (QED) is 0.703. The van der Waals surface area contributed by atoms with Gasteiger partial charge in [-0.05, 0) is 30.5 Å². The number of methoxy groups -OCH3 is 1. The van der Waals surface area contributed by atoms with Crippen molar-refractivity contribution in [3.63, 3.8) is 0 Å². The number of aliphatic imine (C=N–C) groups is 1. The minimum absolute atomic E-state index is 0.0974. The van der Waals surface area contributed by atoms with Crippen LogP contribution in [0.25, 0.3) is 0 Å². The number of amides is 3. The largest absolute Gasteiger partial charge is 0.573 e. The lowest BCUT2D eigenvalue weighted by atomic mass is 10.1. The van der Waals surface area contributed by atoms with Crippen LogP contribution in [0.2, 0.25) is 0 Å². The number of hydrogen-bond donors (Lipinski definition) is 2. The van der Waals surface area contributed by atoms with Crippen LogP contribution in [0.1, 0.15) is 24.4 Å². The van der Waals surface area contributed by atoms with Crippen molar-refractivity contribution in [2.24, 2.45) is 4.99 Å². The number of hydrogen-bond acceptors (Lipinski definition) is 5. The van der Waals surface area contributed by atoms with Gasteiger partial charge >= 0.3 is 12.4 Å². The normalized spacial score (nSPS) is 17.4. The third-order valence-corrected chi connectivity index (χ3v) is 4.31. The molecule has 0 saturated carbocycles. The average Bonchev–Trinajstić information content (AvgIpc) is 2.67. The van der Waals surface area contributed by atoms with Crippen molar-refractivity contribution in [2.75, 3.05) is 20.3 Å². The summed E-state index contributed by atoms with van der Waals surface area (Å²) < 4.78 is 59.7. The van der Waals surface area contributed by atoms with Crippen molar-refractivity contribution >= 4 is 18.2 Å². The lowest BCUT2D eigenvalue weighted by Crippen LogP contribution is -2.50. The summed E-state index contributed by atoms with van der Waals surface area (Å²) in [6, 6.07) is 1.22. The molecule has 0 aromatic heterocycles. The minimum Gasteiger partial charge on any atom is -0.403 e. The molecule has 0 bridgehead atoms. The number of nitrogens with one attached hydrogen (secondary N) is 2. The Bertz CT molecular complexity index is 901. The molecule has 1 atom stereocenters. The highest BCUT2D eigenvalue weighted by atomic mass is 19.4. The van der Waals surface area contributed by atoms with Gasteiger partial charge in [0.2, 0.25) is 5.91 Å². The van der Waals surface area contributed by atoms with Crippen molar-refractivity contribution in [2.45, 2.75) is 25.2 Å². The maximum absolute atomic E-state index is 14.1. The first kappa shape index (κ1) is 21.6. The van der Waals surface area contributed by atoms with E-state index >= 15 is 0 Å². The molecule has 3 amide bonds. The van der Waals surface area contributed by atoms with Crippen LogP contribution in [-0.4, -0.2) is 49.7 Å². The van der Waals surface area contributed by atoms with Gasteiger partial charge in [0.15, 0.2) is 17.4 Å². The molecule has 0 spiro atoms. The van der Waals surface area contributed by atoms with Crippen LogP contribution in [0.5, 0.6) is 5.75 Å². The zero-order valence-electron chi connectivity index (χ0n) is 15.8. The number of nitrogens with zero attached hydrogens (tertiary/aromatic N) is 2. The Morgan fingerprint density at radius 3 is 2.83 bits per heavy atom. The molecule has 2 N–H and O–H groups in total. The summed E-state index contributed by atoms with van der Waals surface area (Å²) in [6.45, 7) is -0.367. The maximum Gasteiger partial charge on any atom is 0.573 e. The van der Waals surface area contributed by atoms with E-state index in [1.54, 1.807) is 6.21 Å². The third-order valence-electron chi connectivity index (χ3n) is 4.31. The summed E-state index contributed by atoms with van der Waals surface area (Å²) in [5.41, 5.74) is 0.673. The number of carbonyl (C=O) groups excluding carboxylic acids is 2. The van der Waals surface area contributed by atoms with Gasteiger partial charge in [-0.3, -0.25) is 9.69 Å². The Hall–Kier alpha value is -3.15. The van der Waals surface area contributed by atoms with Crippen molar-refractivity contribution < 1.29 is 36.6 Å². The van der Waals surface area contributed by atoms with E-state index in [4.69, 9.17) is 4.74 Å². The van der Waals surface area contributed by atoms with E-state index in [0.29, 0.717) is 24.4 Å². The predicted octanol–water partition coefficient (Wildman–Crippen LogP) is 2.59. The van der Waals surface area contributed by atoms with Crippen LogP contribution in [0.15, 0.2) is 34.7 Å². The molecule has 0 aliphatic carbocycles. The second kappa shape index (κ2) is 8.69. The van der Waals surface area contributed by atoms with E-state index in [-0.39, 0.29) is 24.6 Å². The van der Waals surface area contributed by atoms with Gasteiger partial charge in [-0.1, -0.05) is 6.07 Å². The monoisotopic (exact) mass is 430 g/mol. The van der Waals surface area contributed by atoms with Crippen molar-refractivity contribution in [1.29, 1.82) is 0 Å². The van der Waals surface area contributed by atoms with Crippen LogP contribution >= 0.6 is 0 Å². The first-order valence-corrected chi connectivity index (χ1v) is 8.85. The van der Waals surface area contributed by atoms with Crippen molar-refractivity contribution in [3.8, 4) is 5.75 Å². The first-order chi connectivity index (χ1) is 14.2. The number of carbonyl (C=O) groups is 2. The molecule has 0 radical (unpaired) electrons. The number of benzene rings is 1. The Morgan fingerprint density at radius 2 is 2.17 bits per heavy atom. The molecular formula is C18H18F4N4O4. The number of rotatable bonds is 5. The van der Waals surface area contributed by atoms with Gasteiger partial charge in [0.25, 0.3) is 0 Å². The highest BCUT2D eigenvalue weighted by Gasteiger charge is 2.33. The molecule has 1 aromatic rings. The number of alkyl halides is 3. The zero-order chi connectivity index (χ0) is 21.9. The molecule has 1 aromatic carbocycles. The summed E-state index contributed by atoms with van der Waals surface area (Å²) in [7, 11) is 1.34. The van der Waals surface area contributed by atoms with Gasteiger partial charge in [-0.25, -0.2) is 14.2 Å². The van der Waals surface area contributed by atoms with E-state index in [1.165, 1.54) is 13.2 Å². The van der Waals surface area contributed by atoms with Gasteiger partial charge in [-0.2, -0.15) is 0 Å². The summed E-state index contributed by atoms with van der Waals surface area (Å²) in [4.78, 5) is 30.0. The molecule has 2 aliphatic heterocycles. The molecule has 8 nitrogen and oxygen atoms in total. The SMILES string of the molecule is COCC(NC(=O)N1CC(=O)NC2=C1N=CCC2)c1ccc(OC(F)(F)F)c(F)c1. The fourth-order valence-electron chi connectivity index (χ4n) is 3.05. The molecule has 0 fully saturated rings. The fraction of sp³-hybridized carbons (Fsp3) is 0.389. The Labute approximate surface area is 168 Å². The van der Waals surface area contributed by atoms with Gasteiger partial charge in [0, 0.05) is 13.3 Å². The summed E-state index contributed by atoms with van der Waals surface area (Å²) in [6.07, 6.45) is -2.28. The van der Waals surface area contributed by atoms with Crippen LogP contribution < -0.4 is 15.4 Å². The molecule has 162 valence electrons. The molecule has 3 rings (SSSR count). The Kier molecular flexibility index (Phi) is 6.25. The van der Waals surface area contributed by atoms with Crippen molar-refractivity contribution in [1.82, 2.24) is 15.5 Å². The summed E-state index contributed by atoms with van der Waals surface area (Å²) >= 11 is 0. The first-order valence-electron chi connectivity index (χ1n) is 8.85. The van der Waals surface area contributed by atoms with Crippen LogP contribution in [-0.2, 0) is 9.53 Å². The predicted molar refractivity (Wildman–Crippen MR) is 95.8 cm³/mol. The van der Waals surface area contributed by atoms with E-state index in [1.807, 2.05) is 0 Å². The average molecular weight is 430 g/mol. The molecular weight excluding hydrogens is 412 g/mol. The van der Waals surface area contributed by atoms with E-state index < -0.39 is 30.0 Å². The molecule has 1 unspecified atom stereocenters. The third kappa shape index (κ3) is 5.06.